The van der Waals surface area contributed by atoms with E-state index in [0.29, 0.717) is 6.07 Å². The molecule has 1 rings (SSSR count). The molecule has 0 aromatic heterocycles. The molecule has 0 bridgehead atoms. The van der Waals surface area contributed by atoms with Crippen LogP contribution in [0, 0.1) is 0 Å². The van der Waals surface area contributed by atoms with Crippen molar-refractivity contribution in [2.24, 2.45) is 0 Å². The number of benzene rings is 1. The van der Waals surface area contributed by atoms with E-state index in [4.69, 9.17) is 10.2 Å². The predicted molar refractivity (Wildman–Crippen MR) is 47.4 cm³/mol. The predicted octanol–water partition coefficient (Wildman–Crippen LogP) is 2.15. The summed E-state index contributed by atoms with van der Waals surface area (Å²) in [6.07, 6.45) is -0.538. The van der Waals surface area contributed by atoms with Crippen LogP contribution in [0.15, 0.2) is 16.6 Å². The Kier molecular flexibility index (Phi) is 2.75. The highest BCUT2D eigenvalue weighted by Crippen LogP contribution is 2.38. The normalized spacial score (nSPS) is 11.4. The molecule has 76 valence electrons. The first kappa shape index (κ1) is 10.9. The van der Waals surface area contributed by atoms with Gasteiger partial charge in [-0.1, -0.05) is 15.9 Å². The lowest BCUT2D eigenvalue weighted by molar-refractivity contribution is -0.130. The number of hydrogen-bond acceptors (Lipinski definition) is 3. The summed E-state index contributed by atoms with van der Waals surface area (Å²) in [6, 6.07) is 1.52. The quantitative estimate of drug-likeness (QED) is 0.637. The Bertz CT molecular complexity index is 379. The summed E-state index contributed by atoms with van der Waals surface area (Å²) in [7, 11) is 0. The van der Waals surface area contributed by atoms with Crippen molar-refractivity contribution >= 4 is 22.2 Å². The van der Waals surface area contributed by atoms with E-state index < -0.39 is 29.3 Å². The molecule has 0 fully saturated rings. The minimum atomic E-state index is -3.69. The average molecular weight is 267 g/mol. The summed E-state index contributed by atoms with van der Waals surface area (Å²) in [5.41, 5.74) is -0.692. The second-order valence-corrected chi connectivity index (χ2v) is 3.42. The van der Waals surface area contributed by atoms with Crippen LogP contribution >= 0.6 is 15.9 Å². The molecule has 0 spiro atoms. The van der Waals surface area contributed by atoms with Gasteiger partial charge >= 0.3 is 5.92 Å². The highest BCUT2D eigenvalue weighted by molar-refractivity contribution is 9.10. The number of aromatic hydroxyl groups is 2. The van der Waals surface area contributed by atoms with E-state index in [-0.39, 0.29) is 4.47 Å². The number of alkyl halides is 2. The van der Waals surface area contributed by atoms with Gasteiger partial charge in [0.25, 0.3) is 0 Å². The summed E-state index contributed by atoms with van der Waals surface area (Å²) in [5.74, 6) is -4.93. The lowest BCUT2D eigenvalue weighted by Gasteiger charge is -2.12. The van der Waals surface area contributed by atoms with Crippen molar-refractivity contribution in [2.45, 2.75) is 5.92 Å². The van der Waals surface area contributed by atoms with Gasteiger partial charge in [-0.25, -0.2) is 0 Å². The molecule has 0 aliphatic rings. The standard InChI is InChI=1S/C8H5BrF2O3/c9-5-2-7(14)6(13)1-4(5)8(10,11)3-12/h1-3,13-14H. The molecular weight excluding hydrogens is 262 g/mol. The Morgan fingerprint density at radius 3 is 2.29 bits per heavy atom. The van der Waals surface area contributed by atoms with Gasteiger partial charge in [0, 0.05) is 10.0 Å². The molecule has 6 heteroatoms. The fraction of sp³-hybridized carbons (Fsp3) is 0.125. The number of phenolic OH excluding ortho intramolecular Hbond substituents is 2. The summed E-state index contributed by atoms with van der Waals surface area (Å²) < 4.78 is 25.6. The Labute approximate surface area is 86.1 Å². The Morgan fingerprint density at radius 1 is 1.29 bits per heavy atom. The van der Waals surface area contributed by atoms with Gasteiger partial charge in [-0.2, -0.15) is 8.78 Å². The second kappa shape index (κ2) is 3.53. The summed E-state index contributed by atoms with van der Waals surface area (Å²) in [6.45, 7) is 0. The third-order valence-corrected chi connectivity index (χ3v) is 2.23. The first-order valence-corrected chi connectivity index (χ1v) is 4.24. The van der Waals surface area contributed by atoms with Crippen molar-refractivity contribution in [2.75, 3.05) is 0 Å². The average Bonchev–Trinajstić information content (AvgIpc) is 2.11. The van der Waals surface area contributed by atoms with E-state index in [1.165, 1.54) is 0 Å². The molecule has 1 aromatic carbocycles. The monoisotopic (exact) mass is 266 g/mol. The number of carbonyl (C=O) groups is 1. The van der Waals surface area contributed by atoms with Crippen LogP contribution in [0.3, 0.4) is 0 Å². The first-order chi connectivity index (χ1) is 6.38. The van der Waals surface area contributed by atoms with Gasteiger partial charge < -0.3 is 10.2 Å². The van der Waals surface area contributed by atoms with Gasteiger partial charge in [0.05, 0.1) is 0 Å². The van der Waals surface area contributed by atoms with E-state index in [2.05, 4.69) is 15.9 Å². The van der Waals surface area contributed by atoms with Crippen molar-refractivity contribution in [1.29, 1.82) is 0 Å². The van der Waals surface area contributed by atoms with Gasteiger partial charge in [0.2, 0.25) is 0 Å². The molecule has 0 saturated heterocycles. The molecule has 0 aliphatic carbocycles. The van der Waals surface area contributed by atoms with Crippen molar-refractivity contribution in [3.8, 4) is 11.5 Å². The first-order valence-electron chi connectivity index (χ1n) is 3.44. The lowest BCUT2D eigenvalue weighted by atomic mass is 10.1. The smallest absolute Gasteiger partial charge is 0.328 e. The maximum absolute atomic E-state index is 12.9. The van der Waals surface area contributed by atoms with Crippen LogP contribution in [0.25, 0.3) is 0 Å². The van der Waals surface area contributed by atoms with Crippen molar-refractivity contribution in [1.82, 2.24) is 0 Å². The van der Waals surface area contributed by atoms with Crippen LogP contribution in [0.4, 0.5) is 8.78 Å². The summed E-state index contributed by atoms with van der Waals surface area (Å²) in [5, 5.41) is 17.9. The fourth-order valence-corrected chi connectivity index (χ4v) is 1.47. The van der Waals surface area contributed by atoms with E-state index >= 15 is 0 Å². The van der Waals surface area contributed by atoms with Crippen LogP contribution in [-0.4, -0.2) is 16.5 Å². The van der Waals surface area contributed by atoms with Crippen molar-refractivity contribution < 1.29 is 23.8 Å². The topological polar surface area (TPSA) is 57.5 Å². The van der Waals surface area contributed by atoms with Crippen LogP contribution in [0.2, 0.25) is 0 Å². The van der Waals surface area contributed by atoms with Crippen molar-refractivity contribution in [3.63, 3.8) is 0 Å². The molecule has 0 heterocycles. The third-order valence-electron chi connectivity index (χ3n) is 1.57. The van der Waals surface area contributed by atoms with E-state index in [9.17, 15) is 13.6 Å². The van der Waals surface area contributed by atoms with Gasteiger partial charge in [0.15, 0.2) is 17.8 Å². The summed E-state index contributed by atoms with van der Waals surface area (Å²) >= 11 is 2.75. The third kappa shape index (κ3) is 1.84. The van der Waals surface area contributed by atoms with Gasteiger partial charge in [-0.15, -0.1) is 0 Å². The minimum Gasteiger partial charge on any atom is -0.504 e. The molecule has 3 nitrogen and oxygen atoms in total. The zero-order valence-corrected chi connectivity index (χ0v) is 8.25. The number of carbonyl (C=O) groups excluding carboxylic acids is 1. The zero-order valence-electron chi connectivity index (χ0n) is 6.67. The minimum absolute atomic E-state index is 0.148. The lowest BCUT2D eigenvalue weighted by Crippen LogP contribution is -2.15. The maximum Gasteiger partial charge on any atom is 0.328 e. The molecule has 0 radical (unpaired) electrons. The number of rotatable bonds is 2. The fourth-order valence-electron chi connectivity index (χ4n) is 0.870. The summed E-state index contributed by atoms with van der Waals surface area (Å²) in [4.78, 5) is 10.1. The largest absolute Gasteiger partial charge is 0.504 e. The molecule has 0 atom stereocenters. The molecule has 0 unspecified atom stereocenters. The zero-order chi connectivity index (χ0) is 10.9. The van der Waals surface area contributed by atoms with E-state index in [1.54, 1.807) is 0 Å². The number of halogens is 3. The molecule has 0 aliphatic heterocycles. The van der Waals surface area contributed by atoms with E-state index in [0.717, 1.165) is 6.07 Å². The molecule has 1 aromatic rings. The number of aldehydes is 1. The molecule has 0 amide bonds. The molecule has 2 N–H and O–H groups in total. The van der Waals surface area contributed by atoms with Crippen LogP contribution in [0.5, 0.6) is 11.5 Å². The van der Waals surface area contributed by atoms with Gasteiger partial charge in [-0.3, -0.25) is 4.79 Å². The van der Waals surface area contributed by atoms with E-state index in [1.807, 2.05) is 0 Å². The Hall–Kier alpha value is -1.17. The number of phenols is 2. The van der Waals surface area contributed by atoms with Crippen molar-refractivity contribution in [3.05, 3.63) is 22.2 Å². The Morgan fingerprint density at radius 2 is 1.79 bits per heavy atom. The second-order valence-electron chi connectivity index (χ2n) is 2.56. The highest BCUT2D eigenvalue weighted by Gasteiger charge is 2.34. The molecule has 14 heavy (non-hydrogen) atoms. The van der Waals surface area contributed by atoms with Crippen LogP contribution in [-0.2, 0) is 10.7 Å². The Balaban J connectivity index is 3.36. The maximum atomic E-state index is 12.9. The van der Waals surface area contributed by atoms with Crippen LogP contribution < -0.4 is 0 Å². The van der Waals surface area contributed by atoms with Gasteiger partial charge in [-0.05, 0) is 12.1 Å². The van der Waals surface area contributed by atoms with Gasteiger partial charge in [0.1, 0.15) is 0 Å². The van der Waals surface area contributed by atoms with Crippen LogP contribution in [0.1, 0.15) is 5.56 Å². The SMILES string of the molecule is O=CC(F)(F)c1cc(O)c(O)cc1Br. The highest BCUT2D eigenvalue weighted by atomic mass is 79.9. The molecule has 0 saturated carbocycles. The molecular formula is C8H5BrF2O3. The number of hydrogen-bond donors (Lipinski definition) is 2.